The Bertz CT molecular complexity index is 743. The predicted molar refractivity (Wildman–Crippen MR) is 79.4 cm³/mol. The highest BCUT2D eigenvalue weighted by Crippen LogP contribution is 2.06. The fraction of sp³-hybridized carbons (Fsp3) is 0.400. The van der Waals surface area contributed by atoms with Crippen molar-refractivity contribution >= 4 is 16.8 Å². The largest absolute Gasteiger partial charge is 0.389 e. The molecule has 1 aromatic carbocycles. The number of hydrogen-bond acceptors (Lipinski definition) is 5. The number of aliphatic hydroxyl groups is 1. The number of carbonyl (C=O) groups is 1. The van der Waals surface area contributed by atoms with Crippen LogP contribution in [0.2, 0.25) is 0 Å². The lowest BCUT2D eigenvalue weighted by molar-refractivity contribution is -0.132. The van der Waals surface area contributed by atoms with E-state index in [2.05, 4.69) is 4.98 Å². The number of hydrogen-bond donors (Lipinski definition) is 1. The number of aromatic nitrogens is 2. The van der Waals surface area contributed by atoms with Gasteiger partial charge in [-0.1, -0.05) is 12.1 Å². The molecule has 0 bridgehead atoms. The Morgan fingerprint density at radius 1 is 1.41 bits per heavy atom. The number of amides is 1. The zero-order valence-electron chi connectivity index (χ0n) is 12.0. The second-order valence-corrected chi connectivity index (χ2v) is 5.26. The lowest BCUT2D eigenvalue weighted by Crippen LogP contribution is -2.41. The van der Waals surface area contributed by atoms with E-state index in [0.29, 0.717) is 24.1 Å². The highest BCUT2D eigenvalue weighted by Gasteiger charge is 2.21. The van der Waals surface area contributed by atoms with E-state index in [0.717, 1.165) is 0 Å². The molecule has 1 aliphatic heterocycles. The highest BCUT2D eigenvalue weighted by atomic mass is 16.5. The van der Waals surface area contributed by atoms with Crippen molar-refractivity contribution in [3.63, 3.8) is 0 Å². The molecule has 0 spiro atoms. The molecule has 1 saturated heterocycles. The van der Waals surface area contributed by atoms with E-state index in [1.165, 1.54) is 15.8 Å². The average molecular weight is 303 g/mol. The summed E-state index contributed by atoms with van der Waals surface area (Å²) in [5, 5.41) is 10.2. The van der Waals surface area contributed by atoms with Crippen molar-refractivity contribution in [2.24, 2.45) is 0 Å². The maximum Gasteiger partial charge on any atom is 0.261 e. The summed E-state index contributed by atoms with van der Waals surface area (Å²) in [6.45, 7) is 1.14. The van der Waals surface area contributed by atoms with E-state index < -0.39 is 6.10 Å². The fourth-order valence-corrected chi connectivity index (χ4v) is 2.48. The van der Waals surface area contributed by atoms with Crippen molar-refractivity contribution in [2.45, 2.75) is 12.6 Å². The van der Waals surface area contributed by atoms with Gasteiger partial charge in [-0.05, 0) is 12.1 Å². The lowest BCUT2D eigenvalue weighted by Gasteiger charge is -2.21. The van der Waals surface area contributed by atoms with E-state index >= 15 is 0 Å². The number of nitrogens with zero attached hydrogens (tertiary/aromatic N) is 3. The van der Waals surface area contributed by atoms with Crippen LogP contribution in [0.15, 0.2) is 35.4 Å². The topological polar surface area (TPSA) is 84.7 Å². The Balaban J connectivity index is 1.82. The molecular weight excluding hydrogens is 286 g/mol. The average Bonchev–Trinajstić information content (AvgIpc) is 2.75. The Morgan fingerprint density at radius 3 is 3.09 bits per heavy atom. The van der Waals surface area contributed by atoms with E-state index in [4.69, 9.17) is 4.74 Å². The summed E-state index contributed by atoms with van der Waals surface area (Å²) in [6, 6.07) is 7.02. The molecule has 1 N–H and O–H groups in total. The molecule has 7 heteroatoms. The predicted octanol–water partition coefficient (Wildman–Crippen LogP) is -0.384. The molecule has 3 rings (SSSR count). The number of ether oxygens (including phenoxy) is 1. The van der Waals surface area contributed by atoms with Crippen molar-refractivity contribution in [3.05, 3.63) is 40.9 Å². The van der Waals surface area contributed by atoms with Crippen LogP contribution in [0.5, 0.6) is 0 Å². The van der Waals surface area contributed by atoms with Crippen LogP contribution in [0.4, 0.5) is 0 Å². The van der Waals surface area contributed by atoms with E-state index in [9.17, 15) is 14.7 Å². The molecule has 7 nitrogen and oxygen atoms in total. The first-order valence-electron chi connectivity index (χ1n) is 7.13. The molecule has 1 atom stereocenters. The number of aliphatic hydroxyl groups excluding tert-OH is 1. The number of rotatable bonds is 2. The van der Waals surface area contributed by atoms with Crippen LogP contribution >= 0.6 is 0 Å². The SMILES string of the molecule is O=C(Cn1cnc2ccccc2c1=O)N1CCOC[C@@H](O)C1. The molecular formula is C15H17N3O4. The van der Waals surface area contributed by atoms with Crippen LogP contribution in [0.1, 0.15) is 0 Å². The maximum atomic E-state index is 12.4. The number of fused-ring (bicyclic) bond motifs is 1. The van der Waals surface area contributed by atoms with Gasteiger partial charge in [-0.25, -0.2) is 4.98 Å². The van der Waals surface area contributed by atoms with Crippen LogP contribution in [0, 0.1) is 0 Å². The molecule has 0 radical (unpaired) electrons. The fourth-order valence-electron chi connectivity index (χ4n) is 2.48. The Labute approximate surface area is 126 Å². The molecule has 2 aromatic rings. The normalized spacial score (nSPS) is 19.1. The molecule has 1 fully saturated rings. The standard InChI is InChI=1S/C15H17N3O4/c19-11-7-17(5-6-22-9-11)14(20)8-18-10-16-13-4-2-1-3-12(13)15(18)21/h1-4,10-11,19H,5-9H2/t11-/m0/s1. The van der Waals surface area contributed by atoms with Crippen molar-refractivity contribution in [1.82, 2.24) is 14.5 Å². The highest BCUT2D eigenvalue weighted by molar-refractivity contribution is 5.79. The summed E-state index contributed by atoms with van der Waals surface area (Å²) in [5.41, 5.74) is 0.361. The molecule has 22 heavy (non-hydrogen) atoms. The first kappa shape index (κ1) is 14.7. The number of β-amino-alcohol motifs (C(OH)–C–C–N with tert-alkyl or cyclic N) is 1. The summed E-state index contributed by atoms with van der Waals surface area (Å²) < 4.78 is 6.49. The van der Waals surface area contributed by atoms with Gasteiger partial charge < -0.3 is 14.7 Å². The van der Waals surface area contributed by atoms with Gasteiger partial charge in [0.15, 0.2) is 0 Å². The second kappa shape index (κ2) is 6.25. The van der Waals surface area contributed by atoms with Crippen LogP contribution in [-0.4, -0.2) is 57.9 Å². The summed E-state index contributed by atoms with van der Waals surface area (Å²) in [6.07, 6.45) is 0.686. The minimum absolute atomic E-state index is 0.0939. The maximum absolute atomic E-state index is 12.4. The van der Waals surface area contributed by atoms with Crippen molar-refractivity contribution in [1.29, 1.82) is 0 Å². The number of benzene rings is 1. The van der Waals surface area contributed by atoms with Gasteiger partial charge in [0, 0.05) is 13.1 Å². The Morgan fingerprint density at radius 2 is 2.23 bits per heavy atom. The van der Waals surface area contributed by atoms with E-state index in [-0.39, 0.29) is 31.2 Å². The van der Waals surface area contributed by atoms with Crippen molar-refractivity contribution < 1.29 is 14.6 Å². The van der Waals surface area contributed by atoms with Crippen LogP contribution < -0.4 is 5.56 Å². The summed E-state index contributed by atoms with van der Waals surface area (Å²) in [5.74, 6) is -0.233. The number of carbonyl (C=O) groups excluding carboxylic acids is 1. The van der Waals surface area contributed by atoms with Crippen molar-refractivity contribution in [3.8, 4) is 0 Å². The van der Waals surface area contributed by atoms with E-state index in [1.54, 1.807) is 18.2 Å². The molecule has 2 heterocycles. The van der Waals surface area contributed by atoms with Gasteiger partial charge in [0.2, 0.25) is 5.91 Å². The molecule has 1 aliphatic rings. The molecule has 1 amide bonds. The summed E-state index contributed by atoms with van der Waals surface area (Å²) in [4.78, 5) is 30.4. The quantitative estimate of drug-likeness (QED) is 0.817. The third-order valence-corrected chi connectivity index (χ3v) is 3.64. The Kier molecular flexibility index (Phi) is 4.17. The third kappa shape index (κ3) is 3.00. The zero-order chi connectivity index (χ0) is 15.5. The monoisotopic (exact) mass is 303 g/mol. The van der Waals surface area contributed by atoms with E-state index in [1.807, 2.05) is 6.07 Å². The van der Waals surface area contributed by atoms with Gasteiger partial charge in [-0.3, -0.25) is 14.2 Å². The molecule has 0 unspecified atom stereocenters. The smallest absolute Gasteiger partial charge is 0.261 e. The molecule has 0 aliphatic carbocycles. The Hall–Kier alpha value is -2.25. The van der Waals surface area contributed by atoms with Crippen LogP contribution in [-0.2, 0) is 16.1 Å². The molecule has 1 aromatic heterocycles. The first-order chi connectivity index (χ1) is 10.6. The third-order valence-electron chi connectivity index (χ3n) is 3.64. The molecule has 0 saturated carbocycles. The summed E-state index contributed by atoms with van der Waals surface area (Å²) in [7, 11) is 0. The van der Waals surface area contributed by atoms with Crippen LogP contribution in [0.3, 0.4) is 0 Å². The molecule has 116 valence electrons. The minimum Gasteiger partial charge on any atom is -0.389 e. The zero-order valence-corrected chi connectivity index (χ0v) is 12.0. The van der Waals surface area contributed by atoms with Crippen molar-refractivity contribution in [2.75, 3.05) is 26.3 Å². The second-order valence-electron chi connectivity index (χ2n) is 5.26. The minimum atomic E-state index is -0.696. The first-order valence-corrected chi connectivity index (χ1v) is 7.13. The van der Waals surface area contributed by atoms with Crippen LogP contribution in [0.25, 0.3) is 10.9 Å². The van der Waals surface area contributed by atoms with Gasteiger partial charge in [-0.15, -0.1) is 0 Å². The van der Waals surface area contributed by atoms with Gasteiger partial charge in [0.1, 0.15) is 6.54 Å². The van der Waals surface area contributed by atoms with Gasteiger partial charge >= 0.3 is 0 Å². The van der Waals surface area contributed by atoms with Gasteiger partial charge in [-0.2, -0.15) is 0 Å². The van der Waals surface area contributed by atoms with Gasteiger partial charge in [0.05, 0.1) is 36.5 Å². The number of para-hydroxylation sites is 1. The van der Waals surface area contributed by atoms with Gasteiger partial charge in [0.25, 0.3) is 5.56 Å². The summed E-state index contributed by atoms with van der Waals surface area (Å²) >= 11 is 0. The lowest BCUT2D eigenvalue weighted by atomic mass is 10.2.